The first kappa shape index (κ1) is 16.9. The van der Waals surface area contributed by atoms with Gasteiger partial charge in [0.1, 0.15) is 5.82 Å². The molecule has 0 radical (unpaired) electrons. The van der Waals surface area contributed by atoms with Gasteiger partial charge in [0.25, 0.3) is 5.91 Å². The van der Waals surface area contributed by atoms with Crippen LogP contribution in [0, 0.1) is 19.7 Å². The van der Waals surface area contributed by atoms with Crippen LogP contribution in [0.2, 0.25) is 0 Å². The third-order valence-corrected chi connectivity index (χ3v) is 4.45. The van der Waals surface area contributed by atoms with Gasteiger partial charge < -0.3 is 5.32 Å². The van der Waals surface area contributed by atoms with E-state index >= 15 is 0 Å². The fourth-order valence-electron chi connectivity index (χ4n) is 3.05. The number of nitrogens with one attached hydrogen (secondary N) is 1. The highest BCUT2D eigenvalue weighted by molar-refractivity contribution is 6.05. The number of amides is 1. The zero-order valence-corrected chi connectivity index (χ0v) is 15.1. The summed E-state index contributed by atoms with van der Waals surface area (Å²) in [5, 5.41) is 12.3. The second kappa shape index (κ2) is 6.31. The van der Waals surface area contributed by atoms with E-state index in [0.29, 0.717) is 22.6 Å². The molecule has 136 valence electrons. The van der Waals surface area contributed by atoms with Gasteiger partial charge in [0, 0.05) is 12.4 Å². The van der Waals surface area contributed by atoms with Crippen LogP contribution in [0.3, 0.4) is 0 Å². The highest BCUT2D eigenvalue weighted by Gasteiger charge is 2.16. The van der Waals surface area contributed by atoms with Crippen molar-refractivity contribution in [2.24, 2.45) is 7.05 Å². The van der Waals surface area contributed by atoms with E-state index in [1.54, 1.807) is 34.6 Å². The predicted molar refractivity (Wildman–Crippen MR) is 99.5 cm³/mol. The van der Waals surface area contributed by atoms with Crippen molar-refractivity contribution in [2.75, 3.05) is 5.32 Å². The summed E-state index contributed by atoms with van der Waals surface area (Å²) in [4.78, 5) is 17.0. The Labute approximate surface area is 154 Å². The highest BCUT2D eigenvalue weighted by atomic mass is 19.1. The zero-order chi connectivity index (χ0) is 19.1. The first-order chi connectivity index (χ1) is 12.9. The number of anilines is 1. The van der Waals surface area contributed by atoms with Gasteiger partial charge in [-0.25, -0.2) is 14.1 Å². The Morgan fingerprint density at radius 3 is 2.63 bits per heavy atom. The summed E-state index contributed by atoms with van der Waals surface area (Å²) in [6.07, 6.45) is 3.09. The van der Waals surface area contributed by atoms with Gasteiger partial charge in [0.15, 0.2) is 5.65 Å². The summed E-state index contributed by atoms with van der Waals surface area (Å²) >= 11 is 0. The molecule has 27 heavy (non-hydrogen) atoms. The molecule has 4 aromatic rings. The van der Waals surface area contributed by atoms with E-state index < -0.39 is 0 Å². The van der Waals surface area contributed by atoms with Gasteiger partial charge in [-0.05, 0) is 44.2 Å². The standard InChI is InChI=1S/C19H17FN6O/c1-11-16-8-14(9-21-18(16)25(3)24-11)23-19(27)17-10-22-26(12(17)2)15-6-4-13(20)5-7-15/h4-10H,1-3H3,(H,23,27). The number of carbonyl (C=O) groups excluding carboxylic acids is 1. The van der Waals surface area contributed by atoms with Crippen LogP contribution in [0.1, 0.15) is 21.7 Å². The summed E-state index contributed by atoms with van der Waals surface area (Å²) in [5.74, 6) is -0.612. The lowest BCUT2D eigenvalue weighted by Crippen LogP contribution is -2.13. The number of fused-ring (bicyclic) bond motifs is 1. The van der Waals surface area contributed by atoms with Gasteiger partial charge in [0.2, 0.25) is 0 Å². The number of benzene rings is 1. The normalized spacial score (nSPS) is 11.1. The molecule has 0 saturated carbocycles. The maximum atomic E-state index is 13.1. The average Bonchev–Trinajstić information content (AvgIpc) is 3.16. The Kier molecular flexibility index (Phi) is 3.95. The van der Waals surface area contributed by atoms with Gasteiger partial charge in [-0.15, -0.1) is 0 Å². The predicted octanol–water partition coefficient (Wildman–Crippen LogP) is 3.16. The molecule has 0 bridgehead atoms. The topological polar surface area (TPSA) is 77.6 Å². The highest BCUT2D eigenvalue weighted by Crippen LogP contribution is 2.21. The van der Waals surface area contributed by atoms with Crippen molar-refractivity contribution in [1.29, 1.82) is 0 Å². The van der Waals surface area contributed by atoms with E-state index in [1.165, 1.54) is 18.3 Å². The molecule has 3 heterocycles. The molecule has 1 amide bonds. The molecule has 0 unspecified atom stereocenters. The maximum absolute atomic E-state index is 13.1. The Morgan fingerprint density at radius 1 is 1.15 bits per heavy atom. The minimum atomic E-state index is -0.324. The summed E-state index contributed by atoms with van der Waals surface area (Å²) in [6, 6.07) is 7.78. The quantitative estimate of drug-likeness (QED) is 0.606. The van der Waals surface area contributed by atoms with E-state index in [0.717, 1.165) is 16.7 Å². The number of rotatable bonds is 3. The van der Waals surface area contributed by atoms with E-state index in [-0.39, 0.29) is 11.7 Å². The summed E-state index contributed by atoms with van der Waals surface area (Å²) < 4.78 is 16.4. The first-order valence-electron chi connectivity index (χ1n) is 8.35. The van der Waals surface area contributed by atoms with Crippen LogP contribution in [-0.4, -0.2) is 30.5 Å². The van der Waals surface area contributed by atoms with E-state index in [4.69, 9.17) is 0 Å². The van der Waals surface area contributed by atoms with Gasteiger partial charge >= 0.3 is 0 Å². The van der Waals surface area contributed by atoms with Crippen molar-refractivity contribution in [3.63, 3.8) is 0 Å². The molecule has 7 nitrogen and oxygen atoms in total. The van der Waals surface area contributed by atoms with Crippen LogP contribution in [0.4, 0.5) is 10.1 Å². The smallest absolute Gasteiger partial charge is 0.259 e. The molecule has 3 aromatic heterocycles. The average molecular weight is 364 g/mol. The summed E-state index contributed by atoms with van der Waals surface area (Å²) in [7, 11) is 1.83. The van der Waals surface area contributed by atoms with Gasteiger partial charge in [-0.1, -0.05) is 0 Å². The molecular formula is C19H17FN6O. The maximum Gasteiger partial charge on any atom is 0.259 e. The Morgan fingerprint density at radius 2 is 1.89 bits per heavy atom. The molecule has 1 N–H and O–H groups in total. The molecule has 0 aliphatic carbocycles. The lowest BCUT2D eigenvalue weighted by molar-refractivity contribution is 0.102. The van der Waals surface area contributed by atoms with Gasteiger partial charge in [0.05, 0.1) is 40.7 Å². The molecule has 8 heteroatoms. The molecule has 1 aromatic carbocycles. The van der Waals surface area contributed by atoms with Crippen molar-refractivity contribution in [3.8, 4) is 5.69 Å². The molecule has 0 aliphatic heterocycles. The Bertz CT molecular complexity index is 1160. The second-order valence-corrected chi connectivity index (χ2v) is 6.29. The van der Waals surface area contributed by atoms with Crippen molar-refractivity contribution < 1.29 is 9.18 Å². The monoisotopic (exact) mass is 364 g/mol. The van der Waals surface area contributed by atoms with Crippen LogP contribution in [0.5, 0.6) is 0 Å². The number of hydrogen-bond acceptors (Lipinski definition) is 4. The third-order valence-electron chi connectivity index (χ3n) is 4.45. The fourth-order valence-corrected chi connectivity index (χ4v) is 3.05. The van der Waals surface area contributed by atoms with Crippen LogP contribution in [-0.2, 0) is 7.05 Å². The Hall–Kier alpha value is -3.55. The lowest BCUT2D eigenvalue weighted by atomic mass is 10.2. The van der Waals surface area contributed by atoms with Crippen molar-refractivity contribution in [2.45, 2.75) is 13.8 Å². The van der Waals surface area contributed by atoms with Gasteiger partial charge in [-0.3, -0.25) is 9.48 Å². The molecule has 4 rings (SSSR count). The molecule has 0 spiro atoms. The number of aryl methyl sites for hydroxylation is 2. The van der Waals surface area contributed by atoms with Crippen molar-refractivity contribution in [3.05, 3.63) is 65.5 Å². The van der Waals surface area contributed by atoms with Crippen LogP contribution in [0.15, 0.2) is 42.7 Å². The van der Waals surface area contributed by atoms with Crippen LogP contribution in [0.25, 0.3) is 16.7 Å². The van der Waals surface area contributed by atoms with E-state index in [1.807, 2.05) is 20.0 Å². The minimum Gasteiger partial charge on any atom is -0.320 e. The lowest BCUT2D eigenvalue weighted by Gasteiger charge is -2.07. The molecule has 0 saturated heterocycles. The molecule has 0 aliphatic rings. The number of carbonyl (C=O) groups is 1. The summed E-state index contributed by atoms with van der Waals surface area (Å²) in [5.41, 5.74) is 3.95. The number of aromatic nitrogens is 5. The van der Waals surface area contributed by atoms with Crippen LogP contribution >= 0.6 is 0 Å². The van der Waals surface area contributed by atoms with Crippen LogP contribution < -0.4 is 5.32 Å². The third kappa shape index (κ3) is 2.95. The molecular weight excluding hydrogens is 347 g/mol. The molecule has 0 atom stereocenters. The second-order valence-electron chi connectivity index (χ2n) is 6.29. The van der Waals surface area contributed by atoms with E-state index in [9.17, 15) is 9.18 Å². The number of pyridine rings is 1. The Balaban J connectivity index is 1.62. The number of halogens is 1. The van der Waals surface area contributed by atoms with E-state index in [2.05, 4.69) is 20.5 Å². The largest absolute Gasteiger partial charge is 0.320 e. The van der Waals surface area contributed by atoms with Gasteiger partial charge in [-0.2, -0.15) is 10.2 Å². The minimum absolute atomic E-state index is 0.288. The number of nitrogens with zero attached hydrogens (tertiary/aromatic N) is 5. The zero-order valence-electron chi connectivity index (χ0n) is 15.1. The van der Waals surface area contributed by atoms with Crippen molar-refractivity contribution >= 4 is 22.6 Å². The first-order valence-corrected chi connectivity index (χ1v) is 8.35. The molecule has 0 fully saturated rings. The SMILES string of the molecule is Cc1nn(C)c2ncc(NC(=O)c3cnn(-c4ccc(F)cc4)c3C)cc12. The fraction of sp³-hybridized carbons (Fsp3) is 0.158. The number of hydrogen-bond donors (Lipinski definition) is 1. The summed E-state index contributed by atoms with van der Waals surface area (Å²) in [6.45, 7) is 3.68. The van der Waals surface area contributed by atoms with Crippen molar-refractivity contribution in [1.82, 2.24) is 24.5 Å².